The van der Waals surface area contributed by atoms with E-state index in [9.17, 15) is 4.79 Å². The molecule has 34 heavy (non-hydrogen) atoms. The van der Waals surface area contributed by atoms with Crippen molar-refractivity contribution in [2.24, 2.45) is 5.92 Å². The van der Waals surface area contributed by atoms with Gasteiger partial charge in [-0.25, -0.2) is 0 Å². The molecule has 0 unspecified atom stereocenters. The second kappa shape index (κ2) is 11.3. The fraction of sp³-hybridized carbons (Fsp3) is 0.552. The van der Waals surface area contributed by atoms with Crippen LogP contribution in [0, 0.1) is 5.92 Å². The molecule has 4 fully saturated rings. The molecule has 3 saturated heterocycles. The molecular formula is C29H38BrNO3. The third-order valence-electron chi connectivity index (χ3n) is 8.55. The Morgan fingerprint density at radius 3 is 2.15 bits per heavy atom. The molecule has 0 N–H and O–H groups in total. The second-order valence-electron chi connectivity index (χ2n) is 10.5. The van der Waals surface area contributed by atoms with Crippen LogP contribution in [0.4, 0.5) is 0 Å². The molecule has 0 spiro atoms. The molecule has 3 aliphatic heterocycles. The van der Waals surface area contributed by atoms with Crippen molar-refractivity contribution in [2.75, 3.05) is 32.8 Å². The maximum atomic E-state index is 13.9. The van der Waals surface area contributed by atoms with Gasteiger partial charge in [0.1, 0.15) is 25.4 Å². The predicted octanol–water partition coefficient (Wildman–Crippen LogP) is 2.51. The molecule has 0 amide bonds. The average Bonchev–Trinajstić information content (AvgIpc) is 3.13. The number of hydrogen-bond acceptors (Lipinski definition) is 3. The van der Waals surface area contributed by atoms with Gasteiger partial charge in [-0.05, 0) is 30.5 Å². The van der Waals surface area contributed by atoms with Crippen LogP contribution >= 0.6 is 0 Å². The number of quaternary nitrogens is 1. The standard InChI is InChI=1S/C29H38NO3.BrH/c31-28(29(17-9-1-2-10-18-29)25-11-5-3-6-12-25)33-27-23-30(19-15-24(27)16-20-30)21-22-32-26-13-7-4-8-14-26;/h3-8,11-14,24,27H,1-2,9-10,15-23H2;1H/q+1;/p-1/t24?,27-,30?;/m0./s1. The maximum Gasteiger partial charge on any atom is 0.317 e. The lowest BCUT2D eigenvalue weighted by atomic mass is 9.74. The van der Waals surface area contributed by atoms with Crippen LogP contribution in [0.25, 0.3) is 0 Å². The normalized spacial score (nSPS) is 27.8. The number of halogens is 1. The molecule has 2 aromatic carbocycles. The quantitative estimate of drug-likeness (QED) is 0.315. The van der Waals surface area contributed by atoms with Gasteiger partial charge < -0.3 is 30.9 Å². The zero-order valence-electron chi connectivity index (χ0n) is 20.2. The fourth-order valence-electron chi connectivity index (χ4n) is 6.49. The number of carbonyl (C=O) groups is 1. The van der Waals surface area contributed by atoms with Crippen molar-refractivity contribution in [1.82, 2.24) is 0 Å². The van der Waals surface area contributed by atoms with Crippen molar-refractivity contribution in [3.63, 3.8) is 0 Å². The summed E-state index contributed by atoms with van der Waals surface area (Å²) >= 11 is 0. The number of rotatable bonds is 7. The molecule has 2 aromatic rings. The minimum Gasteiger partial charge on any atom is -1.00 e. The van der Waals surface area contributed by atoms with Gasteiger partial charge in [0.15, 0.2) is 6.10 Å². The lowest BCUT2D eigenvalue weighted by Crippen LogP contribution is -3.00. The molecule has 1 saturated carbocycles. The number of piperidine rings is 3. The largest absolute Gasteiger partial charge is 1.00 e. The lowest BCUT2D eigenvalue weighted by molar-refractivity contribution is -0.946. The Morgan fingerprint density at radius 1 is 0.882 bits per heavy atom. The van der Waals surface area contributed by atoms with Crippen LogP contribution in [0.15, 0.2) is 60.7 Å². The second-order valence-corrected chi connectivity index (χ2v) is 10.5. The molecule has 2 bridgehead atoms. The first-order valence-corrected chi connectivity index (χ1v) is 13.0. The first kappa shape index (κ1) is 25.2. The first-order chi connectivity index (χ1) is 16.2. The van der Waals surface area contributed by atoms with Crippen LogP contribution in [-0.2, 0) is 14.9 Å². The Hall–Kier alpha value is -1.85. The van der Waals surface area contributed by atoms with Crippen LogP contribution in [0.5, 0.6) is 5.75 Å². The number of para-hydroxylation sites is 1. The van der Waals surface area contributed by atoms with E-state index >= 15 is 0 Å². The molecule has 0 radical (unpaired) electrons. The number of benzene rings is 2. The summed E-state index contributed by atoms with van der Waals surface area (Å²) in [5.74, 6) is 1.49. The SMILES string of the molecule is O=C(O[C@H]1C[N+]2(CCOc3ccccc3)CCC1CC2)C1(c2ccccc2)CCCCCC1.[Br-]. The van der Waals surface area contributed by atoms with Gasteiger partial charge in [-0.3, -0.25) is 4.79 Å². The Labute approximate surface area is 215 Å². The topological polar surface area (TPSA) is 35.5 Å². The van der Waals surface area contributed by atoms with E-state index in [0.717, 1.165) is 67.4 Å². The first-order valence-electron chi connectivity index (χ1n) is 13.0. The minimum atomic E-state index is -0.467. The van der Waals surface area contributed by atoms with Gasteiger partial charge in [0.2, 0.25) is 0 Å². The zero-order chi connectivity index (χ0) is 22.6. The Balaban J connectivity index is 0.00000274. The summed E-state index contributed by atoms with van der Waals surface area (Å²) in [7, 11) is 0. The molecule has 184 valence electrons. The Kier molecular flexibility index (Phi) is 8.36. The summed E-state index contributed by atoms with van der Waals surface area (Å²) in [6.07, 6.45) is 8.83. The van der Waals surface area contributed by atoms with Crippen molar-refractivity contribution in [2.45, 2.75) is 62.9 Å². The monoisotopic (exact) mass is 527 g/mol. The molecule has 5 heteroatoms. The number of ether oxygens (including phenoxy) is 2. The van der Waals surface area contributed by atoms with Crippen molar-refractivity contribution in [1.29, 1.82) is 0 Å². The molecule has 3 heterocycles. The van der Waals surface area contributed by atoms with Gasteiger partial charge in [0.05, 0.1) is 18.5 Å². The van der Waals surface area contributed by atoms with Gasteiger partial charge >= 0.3 is 5.97 Å². The number of carbonyl (C=O) groups excluding carboxylic acids is 1. The van der Waals surface area contributed by atoms with Gasteiger partial charge in [0.25, 0.3) is 0 Å². The van der Waals surface area contributed by atoms with Crippen LogP contribution in [0.2, 0.25) is 0 Å². The van der Waals surface area contributed by atoms with Gasteiger partial charge in [-0.15, -0.1) is 0 Å². The summed E-state index contributed by atoms with van der Waals surface area (Å²) in [5.41, 5.74) is 0.684. The maximum absolute atomic E-state index is 13.9. The van der Waals surface area contributed by atoms with E-state index in [4.69, 9.17) is 9.47 Å². The van der Waals surface area contributed by atoms with Gasteiger partial charge in [0, 0.05) is 18.8 Å². The summed E-state index contributed by atoms with van der Waals surface area (Å²) in [5, 5.41) is 0. The van der Waals surface area contributed by atoms with E-state index in [-0.39, 0.29) is 29.1 Å². The van der Waals surface area contributed by atoms with Crippen LogP contribution in [0.1, 0.15) is 56.9 Å². The van der Waals surface area contributed by atoms with E-state index in [1.165, 1.54) is 25.9 Å². The van der Waals surface area contributed by atoms with Crippen LogP contribution < -0.4 is 21.7 Å². The Bertz CT molecular complexity index is 903. The van der Waals surface area contributed by atoms with E-state index in [0.29, 0.717) is 12.5 Å². The highest BCUT2D eigenvalue weighted by molar-refractivity contribution is 5.83. The third-order valence-corrected chi connectivity index (χ3v) is 8.55. The highest BCUT2D eigenvalue weighted by Gasteiger charge is 2.50. The third kappa shape index (κ3) is 5.36. The molecule has 0 aromatic heterocycles. The molecule has 4 nitrogen and oxygen atoms in total. The molecule has 1 aliphatic carbocycles. The zero-order valence-corrected chi connectivity index (χ0v) is 21.8. The Morgan fingerprint density at radius 2 is 1.50 bits per heavy atom. The molecule has 6 rings (SSSR count). The van der Waals surface area contributed by atoms with Crippen LogP contribution in [0.3, 0.4) is 0 Å². The van der Waals surface area contributed by atoms with E-state index in [1.54, 1.807) is 0 Å². The molecular weight excluding hydrogens is 490 g/mol. The summed E-state index contributed by atoms with van der Waals surface area (Å²) in [4.78, 5) is 13.9. The predicted molar refractivity (Wildman–Crippen MR) is 130 cm³/mol. The number of esters is 1. The number of nitrogens with zero attached hydrogens (tertiary/aromatic N) is 1. The van der Waals surface area contributed by atoms with E-state index < -0.39 is 5.41 Å². The highest BCUT2D eigenvalue weighted by Crippen LogP contribution is 2.42. The van der Waals surface area contributed by atoms with Crippen molar-refractivity contribution < 1.29 is 35.7 Å². The highest BCUT2D eigenvalue weighted by atomic mass is 79.9. The van der Waals surface area contributed by atoms with Crippen molar-refractivity contribution >= 4 is 5.97 Å². The lowest BCUT2D eigenvalue weighted by Gasteiger charge is -2.52. The number of fused-ring (bicyclic) bond motifs is 3. The van der Waals surface area contributed by atoms with E-state index in [2.05, 4.69) is 24.3 Å². The van der Waals surface area contributed by atoms with E-state index in [1.807, 2.05) is 36.4 Å². The van der Waals surface area contributed by atoms with Crippen LogP contribution in [-0.4, -0.2) is 49.3 Å². The molecule has 4 aliphatic rings. The van der Waals surface area contributed by atoms with Crippen molar-refractivity contribution in [3.8, 4) is 5.75 Å². The summed E-state index contributed by atoms with van der Waals surface area (Å²) in [6.45, 7) is 5.00. The summed E-state index contributed by atoms with van der Waals surface area (Å²) in [6, 6.07) is 20.5. The average molecular weight is 529 g/mol. The van der Waals surface area contributed by atoms with Gasteiger partial charge in [-0.1, -0.05) is 74.2 Å². The fourth-order valence-corrected chi connectivity index (χ4v) is 6.49. The van der Waals surface area contributed by atoms with Crippen molar-refractivity contribution in [3.05, 3.63) is 66.2 Å². The summed E-state index contributed by atoms with van der Waals surface area (Å²) < 4.78 is 13.5. The molecule has 1 atom stereocenters. The smallest absolute Gasteiger partial charge is 0.317 e. The number of hydrogen-bond donors (Lipinski definition) is 0. The van der Waals surface area contributed by atoms with Gasteiger partial charge in [-0.2, -0.15) is 0 Å². The minimum absolute atomic E-state index is 0.